The molecule has 0 rings (SSSR count). The first-order chi connectivity index (χ1) is 4.35. The Labute approximate surface area is 87.0 Å². The van der Waals surface area contributed by atoms with E-state index in [9.17, 15) is 0 Å². The second kappa shape index (κ2) is 9.96. The summed E-state index contributed by atoms with van der Waals surface area (Å²) in [6.45, 7) is 5.00. The zero-order valence-corrected chi connectivity index (χ0v) is 9.61. The third-order valence-electron chi connectivity index (χ3n) is 1.83. The Balaban J connectivity index is 0. The Morgan fingerprint density at radius 1 is 1.30 bits per heavy atom. The topological polar surface area (TPSA) is 23.8 Å². The normalized spacial score (nSPS) is 12.3. The third-order valence-corrected chi connectivity index (χ3v) is 1.83. The predicted octanol–water partition coefficient (Wildman–Crippen LogP) is 0.259. The first-order valence-corrected chi connectivity index (χ1v) is 3.99. The van der Waals surface area contributed by atoms with Gasteiger partial charge in [-0.15, -0.1) is 6.54 Å². The van der Waals surface area contributed by atoms with Crippen LogP contribution in [0.5, 0.6) is 0 Å². The average molecular weight is 151 g/mol. The second-order valence-electron chi connectivity index (χ2n) is 2.62. The van der Waals surface area contributed by atoms with E-state index < -0.39 is 0 Å². The van der Waals surface area contributed by atoms with Crippen LogP contribution in [-0.4, -0.2) is 6.54 Å². The Morgan fingerprint density at radius 2 is 1.90 bits per heavy atom. The van der Waals surface area contributed by atoms with Gasteiger partial charge in [0.1, 0.15) is 0 Å². The quantitative estimate of drug-likeness (QED) is 0.503. The Morgan fingerprint density at radius 3 is 2.20 bits per heavy atom. The van der Waals surface area contributed by atoms with Gasteiger partial charge < -0.3 is 5.73 Å². The Hall–Kier alpha value is 0.960. The van der Waals surface area contributed by atoms with Crippen molar-refractivity contribution in [1.82, 2.24) is 0 Å². The summed E-state index contributed by atoms with van der Waals surface area (Å²) in [6, 6.07) is 0. The molecule has 0 saturated heterocycles. The minimum Gasteiger partial charge on any atom is -0.677 e. The molecule has 56 valence electrons. The molecule has 0 aromatic rings. The van der Waals surface area contributed by atoms with Crippen molar-refractivity contribution in [3.8, 4) is 0 Å². The van der Waals surface area contributed by atoms with E-state index in [1.165, 1.54) is 25.7 Å². The maximum Gasteiger partial charge on any atom is 1.00 e. The maximum atomic E-state index is 7.14. The molecule has 1 N–H and O–H groups in total. The van der Waals surface area contributed by atoms with Crippen molar-refractivity contribution in [1.29, 1.82) is 0 Å². The van der Waals surface area contributed by atoms with Gasteiger partial charge in [0.05, 0.1) is 0 Å². The molecule has 0 aromatic heterocycles. The molecular weight excluding hydrogens is 133 g/mol. The van der Waals surface area contributed by atoms with Crippen LogP contribution in [0.2, 0.25) is 0 Å². The van der Waals surface area contributed by atoms with Crippen LogP contribution in [0, 0.1) is 5.92 Å². The van der Waals surface area contributed by atoms with Crippen LogP contribution in [0.4, 0.5) is 0 Å². The smallest absolute Gasteiger partial charge is 0.677 e. The number of hydrogen-bond acceptors (Lipinski definition) is 0. The van der Waals surface area contributed by atoms with Gasteiger partial charge >= 0.3 is 29.6 Å². The van der Waals surface area contributed by atoms with E-state index in [-0.39, 0.29) is 29.6 Å². The standard InChI is InChI=1S/C8H18N.Na/c1-3-5-6-8(4-2)7-9;/h8-9H,3-7H2,1-2H3;/q-1;+1. The molecule has 0 fully saturated rings. The van der Waals surface area contributed by atoms with Gasteiger partial charge in [-0.2, -0.15) is 0 Å². The number of unbranched alkanes of at least 4 members (excludes halogenated alkanes) is 1. The molecule has 10 heavy (non-hydrogen) atoms. The van der Waals surface area contributed by atoms with E-state index in [0.717, 1.165) is 0 Å². The van der Waals surface area contributed by atoms with E-state index in [1.54, 1.807) is 0 Å². The summed E-state index contributed by atoms with van der Waals surface area (Å²) >= 11 is 0. The molecule has 0 aliphatic heterocycles. The van der Waals surface area contributed by atoms with Crippen molar-refractivity contribution >= 4 is 0 Å². The van der Waals surface area contributed by atoms with Crippen LogP contribution in [0.15, 0.2) is 0 Å². The molecule has 0 amide bonds. The molecule has 1 nitrogen and oxygen atoms in total. The Kier molecular flexibility index (Phi) is 13.5. The van der Waals surface area contributed by atoms with E-state index in [1.807, 2.05) is 0 Å². The maximum absolute atomic E-state index is 7.14. The summed E-state index contributed by atoms with van der Waals surface area (Å²) in [5.41, 5.74) is 7.14. The summed E-state index contributed by atoms with van der Waals surface area (Å²) in [6.07, 6.45) is 5.02. The molecule has 0 aromatic carbocycles. The summed E-state index contributed by atoms with van der Waals surface area (Å²) < 4.78 is 0. The summed E-state index contributed by atoms with van der Waals surface area (Å²) in [5.74, 6) is 0.671. The van der Waals surface area contributed by atoms with E-state index in [0.29, 0.717) is 12.5 Å². The van der Waals surface area contributed by atoms with Crippen LogP contribution in [0.3, 0.4) is 0 Å². The molecule has 2 heteroatoms. The van der Waals surface area contributed by atoms with E-state index in [4.69, 9.17) is 5.73 Å². The summed E-state index contributed by atoms with van der Waals surface area (Å²) in [7, 11) is 0. The minimum atomic E-state index is 0. The van der Waals surface area contributed by atoms with Crippen LogP contribution in [-0.2, 0) is 0 Å². The first kappa shape index (κ1) is 13.5. The summed E-state index contributed by atoms with van der Waals surface area (Å²) in [4.78, 5) is 0. The van der Waals surface area contributed by atoms with Crippen LogP contribution in [0.25, 0.3) is 5.73 Å². The van der Waals surface area contributed by atoms with Crippen LogP contribution >= 0.6 is 0 Å². The molecule has 1 atom stereocenters. The van der Waals surface area contributed by atoms with Crippen molar-refractivity contribution < 1.29 is 29.6 Å². The third kappa shape index (κ3) is 7.07. The Bertz CT molecular complexity index is 53.2. The van der Waals surface area contributed by atoms with Gasteiger partial charge in [-0.3, -0.25) is 0 Å². The molecule has 0 aliphatic rings. The van der Waals surface area contributed by atoms with Gasteiger partial charge in [-0.1, -0.05) is 45.4 Å². The van der Waals surface area contributed by atoms with Gasteiger partial charge in [0.2, 0.25) is 0 Å². The largest absolute Gasteiger partial charge is 1.00 e. The SMILES string of the molecule is CCCCC(CC)C[NH-].[Na+]. The van der Waals surface area contributed by atoms with Gasteiger partial charge in [-0.05, 0) is 0 Å². The van der Waals surface area contributed by atoms with Crippen molar-refractivity contribution in [3.05, 3.63) is 5.73 Å². The molecular formula is C8H18NNa. The zero-order valence-electron chi connectivity index (χ0n) is 7.61. The molecule has 0 aliphatic carbocycles. The predicted molar refractivity (Wildman–Crippen MR) is 42.5 cm³/mol. The van der Waals surface area contributed by atoms with Crippen molar-refractivity contribution in [2.75, 3.05) is 6.54 Å². The molecule has 0 spiro atoms. The molecule has 1 unspecified atom stereocenters. The van der Waals surface area contributed by atoms with Crippen molar-refractivity contribution in [2.24, 2.45) is 5.92 Å². The van der Waals surface area contributed by atoms with Gasteiger partial charge in [0, 0.05) is 0 Å². The number of rotatable bonds is 5. The fourth-order valence-electron chi connectivity index (χ4n) is 0.943. The molecule has 0 radical (unpaired) electrons. The van der Waals surface area contributed by atoms with Crippen LogP contribution < -0.4 is 29.6 Å². The summed E-state index contributed by atoms with van der Waals surface area (Å²) in [5, 5.41) is 0. The fraction of sp³-hybridized carbons (Fsp3) is 1.00. The van der Waals surface area contributed by atoms with Gasteiger partial charge in [0.25, 0.3) is 0 Å². The van der Waals surface area contributed by atoms with Crippen LogP contribution in [0.1, 0.15) is 39.5 Å². The van der Waals surface area contributed by atoms with Gasteiger partial charge in [0.15, 0.2) is 0 Å². The monoisotopic (exact) mass is 151 g/mol. The van der Waals surface area contributed by atoms with E-state index >= 15 is 0 Å². The average Bonchev–Trinajstić information content (AvgIpc) is 1.91. The zero-order chi connectivity index (χ0) is 7.11. The first-order valence-electron chi connectivity index (χ1n) is 3.99. The molecule has 0 bridgehead atoms. The number of nitrogens with one attached hydrogen (secondary N) is 1. The minimum absolute atomic E-state index is 0. The molecule has 0 saturated carbocycles. The second-order valence-corrected chi connectivity index (χ2v) is 2.62. The van der Waals surface area contributed by atoms with Gasteiger partial charge in [-0.25, -0.2) is 0 Å². The fourth-order valence-corrected chi connectivity index (χ4v) is 0.943. The van der Waals surface area contributed by atoms with E-state index in [2.05, 4.69) is 13.8 Å². The molecule has 0 heterocycles. The van der Waals surface area contributed by atoms with Crippen molar-refractivity contribution in [3.63, 3.8) is 0 Å². The number of hydrogen-bond donors (Lipinski definition) is 0. The van der Waals surface area contributed by atoms with Crippen molar-refractivity contribution in [2.45, 2.75) is 39.5 Å².